The molecule has 0 aromatic rings. The molecular formula is C16H30O4Si. The number of hydrogen-bond donors (Lipinski definition) is 0. The quantitative estimate of drug-likeness (QED) is 0.449. The summed E-state index contributed by atoms with van der Waals surface area (Å²) in [7, 11) is -1.25. The zero-order valence-electron chi connectivity index (χ0n) is 14.8. The summed E-state index contributed by atoms with van der Waals surface area (Å²) in [6, 6.07) is 0. The van der Waals surface area contributed by atoms with Crippen molar-refractivity contribution in [3.63, 3.8) is 0 Å². The third kappa shape index (κ3) is 16.6. The zero-order valence-corrected chi connectivity index (χ0v) is 15.8. The largest absolute Gasteiger partial charge is 0.466 e. The number of hydrogen-bond acceptors (Lipinski definition) is 4. The summed E-state index contributed by atoms with van der Waals surface area (Å²) >= 11 is 0. The van der Waals surface area contributed by atoms with E-state index in [1.54, 1.807) is 13.8 Å². The van der Waals surface area contributed by atoms with E-state index in [1.807, 2.05) is 20.8 Å². The molecule has 0 aromatic heterocycles. The van der Waals surface area contributed by atoms with Crippen LogP contribution in [-0.4, -0.2) is 31.8 Å². The molecule has 0 saturated heterocycles. The van der Waals surface area contributed by atoms with E-state index in [0.717, 1.165) is 0 Å². The van der Waals surface area contributed by atoms with Gasteiger partial charge in [-0.25, -0.2) is 9.59 Å². The van der Waals surface area contributed by atoms with Crippen molar-refractivity contribution >= 4 is 20.0 Å². The second-order valence-electron chi connectivity index (χ2n) is 7.20. The third-order valence-corrected chi connectivity index (χ3v) is 2.74. The Labute approximate surface area is 130 Å². The molecule has 0 heterocycles. The minimum atomic E-state index is -1.25. The molecule has 0 amide bonds. The highest BCUT2D eigenvalue weighted by Crippen LogP contribution is 2.09. The van der Waals surface area contributed by atoms with Crippen molar-refractivity contribution in [2.45, 2.75) is 59.9 Å². The summed E-state index contributed by atoms with van der Waals surface area (Å²) < 4.78 is 9.95. The summed E-state index contributed by atoms with van der Waals surface area (Å²) in [6.45, 7) is 22.2. The topological polar surface area (TPSA) is 52.6 Å². The Kier molecular flexibility index (Phi) is 9.21. The van der Waals surface area contributed by atoms with E-state index in [-0.39, 0.29) is 11.9 Å². The van der Waals surface area contributed by atoms with E-state index in [9.17, 15) is 9.59 Å². The van der Waals surface area contributed by atoms with Crippen molar-refractivity contribution in [2.24, 2.45) is 0 Å². The number of esters is 2. The Balaban J connectivity index is 0. The number of carbonyl (C=O) groups excluding carboxylic acids is 2. The average molecular weight is 314 g/mol. The van der Waals surface area contributed by atoms with Crippen molar-refractivity contribution in [3.05, 3.63) is 24.3 Å². The monoisotopic (exact) mass is 314 g/mol. The molecule has 0 unspecified atom stereocenters. The van der Waals surface area contributed by atoms with Crippen molar-refractivity contribution < 1.29 is 19.1 Å². The Hall–Kier alpha value is -1.36. The average Bonchev–Trinajstić information content (AvgIpc) is 2.23. The van der Waals surface area contributed by atoms with Crippen LogP contribution in [0.1, 0.15) is 34.6 Å². The highest BCUT2D eigenvalue weighted by atomic mass is 28.3. The van der Waals surface area contributed by atoms with Crippen LogP contribution in [0.3, 0.4) is 0 Å². The predicted molar refractivity (Wildman–Crippen MR) is 89.8 cm³/mol. The van der Waals surface area contributed by atoms with Gasteiger partial charge < -0.3 is 9.47 Å². The van der Waals surface area contributed by atoms with Crippen LogP contribution in [-0.2, 0) is 19.1 Å². The smallest absolute Gasteiger partial charge is 0.333 e. The molecule has 0 aliphatic heterocycles. The Morgan fingerprint density at radius 2 is 1.33 bits per heavy atom. The van der Waals surface area contributed by atoms with E-state index < -0.39 is 13.7 Å². The summed E-state index contributed by atoms with van der Waals surface area (Å²) in [5, 5.41) is 0. The van der Waals surface area contributed by atoms with Gasteiger partial charge >= 0.3 is 11.9 Å². The summed E-state index contributed by atoms with van der Waals surface area (Å²) in [4.78, 5) is 21.7. The third-order valence-electron chi connectivity index (χ3n) is 1.73. The molecule has 0 aliphatic carbocycles. The molecule has 0 N–H and O–H groups in total. The molecule has 0 fully saturated rings. The molecule has 21 heavy (non-hydrogen) atoms. The second kappa shape index (κ2) is 8.82. The van der Waals surface area contributed by atoms with E-state index in [2.05, 4.69) is 32.8 Å². The molecule has 5 heteroatoms. The van der Waals surface area contributed by atoms with Gasteiger partial charge in [-0.1, -0.05) is 32.8 Å². The second-order valence-corrected chi connectivity index (χ2v) is 12.6. The van der Waals surface area contributed by atoms with Gasteiger partial charge in [0.1, 0.15) is 5.60 Å². The Morgan fingerprint density at radius 3 is 1.52 bits per heavy atom. The fraction of sp³-hybridized carbons (Fsp3) is 0.625. The lowest BCUT2D eigenvalue weighted by Gasteiger charge is -2.19. The normalized spacial score (nSPS) is 10.9. The molecule has 4 nitrogen and oxygen atoms in total. The first-order valence-corrected chi connectivity index (χ1v) is 10.6. The fourth-order valence-electron chi connectivity index (χ4n) is 0.770. The molecule has 0 saturated carbocycles. The molecule has 0 rings (SSSR count). The van der Waals surface area contributed by atoms with E-state index in [4.69, 9.17) is 9.47 Å². The zero-order chi connectivity index (χ0) is 17.4. The molecule has 0 spiro atoms. The van der Waals surface area contributed by atoms with Crippen LogP contribution in [0.4, 0.5) is 0 Å². The van der Waals surface area contributed by atoms with Crippen molar-refractivity contribution in [3.8, 4) is 0 Å². The van der Waals surface area contributed by atoms with E-state index in [1.165, 1.54) is 0 Å². The van der Waals surface area contributed by atoms with Crippen molar-refractivity contribution in [1.29, 1.82) is 0 Å². The van der Waals surface area contributed by atoms with Crippen LogP contribution in [0, 0.1) is 0 Å². The van der Waals surface area contributed by atoms with Crippen molar-refractivity contribution in [1.82, 2.24) is 0 Å². The lowest BCUT2D eigenvalue weighted by Crippen LogP contribution is -2.29. The summed E-state index contributed by atoms with van der Waals surface area (Å²) in [5.41, 5.74) is 0.508. The standard InChI is InChI=1S/C8H16O2Si.C8H14O2/c1-7(2)8(9)10-6-11(3,4)5;1-6(2)7(9)10-8(3,4)5/h1,6H2,2-5H3;1H2,2-5H3. The van der Waals surface area contributed by atoms with Gasteiger partial charge in [0, 0.05) is 11.1 Å². The summed E-state index contributed by atoms with van der Waals surface area (Å²) in [6.07, 6.45) is 0.582. The first kappa shape index (κ1) is 21.9. The van der Waals surface area contributed by atoms with E-state index >= 15 is 0 Å². The van der Waals surface area contributed by atoms with Gasteiger partial charge in [-0.05, 0) is 34.6 Å². The van der Waals surface area contributed by atoms with Gasteiger partial charge in [0.25, 0.3) is 0 Å². The molecule has 0 bridgehead atoms. The predicted octanol–water partition coefficient (Wildman–Crippen LogP) is 3.89. The molecular weight excluding hydrogens is 284 g/mol. The van der Waals surface area contributed by atoms with Crippen LogP contribution in [0.15, 0.2) is 24.3 Å². The number of ether oxygens (including phenoxy) is 2. The molecule has 0 radical (unpaired) electrons. The van der Waals surface area contributed by atoms with Crippen LogP contribution in [0.2, 0.25) is 19.6 Å². The first-order valence-electron chi connectivity index (χ1n) is 6.87. The van der Waals surface area contributed by atoms with Gasteiger partial charge in [0.05, 0.1) is 14.3 Å². The fourth-order valence-corrected chi connectivity index (χ4v) is 1.33. The van der Waals surface area contributed by atoms with Gasteiger partial charge in [-0.15, -0.1) is 0 Å². The first-order chi connectivity index (χ1) is 9.15. The molecule has 0 aliphatic rings. The maximum Gasteiger partial charge on any atom is 0.333 e. The molecule has 122 valence electrons. The van der Waals surface area contributed by atoms with Crippen LogP contribution in [0.25, 0.3) is 0 Å². The van der Waals surface area contributed by atoms with E-state index in [0.29, 0.717) is 17.4 Å². The maximum atomic E-state index is 10.9. The summed E-state index contributed by atoms with van der Waals surface area (Å²) in [5.74, 6) is -0.597. The highest BCUT2D eigenvalue weighted by Gasteiger charge is 2.16. The van der Waals surface area contributed by atoms with Gasteiger partial charge in [0.15, 0.2) is 0 Å². The minimum Gasteiger partial charge on any atom is -0.466 e. The van der Waals surface area contributed by atoms with Gasteiger partial charge in [0.2, 0.25) is 0 Å². The lowest BCUT2D eigenvalue weighted by molar-refractivity contribution is -0.149. The van der Waals surface area contributed by atoms with Crippen LogP contribution >= 0.6 is 0 Å². The molecule has 0 atom stereocenters. The lowest BCUT2D eigenvalue weighted by atomic mass is 10.2. The minimum absolute atomic E-state index is 0.271. The van der Waals surface area contributed by atoms with Gasteiger partial charge in [-0.3, -0.25) is 0 Å². The van der Waals surface area contributed by atoms with Crippen LogP contribution < -0.4 is 0 Å². The maximum absolute atomic E-state index is 10.9. The van der Waals surface area contributed by atoms with Gasteiger partial charge in [-0.2, -0.15) is 0 Å². The Morgan fingerprint density at radius 1 is 0.952 bits per heavy atom. The number of rotatable bonds is 4. The SMILES string of the molecule is C=C(C)C(=O)OC(C)(C)C.C=C(C)C(=O)OC[Si](C)(C)C. The molecule has 0 aromatic carbocycles. The van der Waals surface area contributed by atoms with Crippen LogP contribution in [0.5, 0.6) is 0 Å². The Bertz CT molecular complexity index is 397. The highest BCUT2D eigenvalue weighted by molar-refractivity contribution is 6.76. The number of carbonyl (C=O) groups is 2. The van der Waals surface area contributed by atoms with Crippen molar-refractivity contribution in [2.75, 3.05) is 6.23 Å².